The molecule has 0 aliphatic carbocycles. The van der Waals surface area contributed by atoms with E-state index in [9.17, 15) is 0 Å². The monoisotopic (exact) mass is 306 g/mol. The zero-order valence-electron chi connectivity index (χ0n) is 12.4. The van der Waals surface area contributed by atoms with E-state index in [-0.39, 0.29) is 12.1 Å². The maximum absolute atomic E-state index is 6.01. The van der Waals surface area contributed by atoms with E-state index in [1.54, 1.807) is 0 Å². The van der Waals surface area contributed by atoms with E-state index in [0.717, 1.165) is 40.8 Å². The lowest BCUT2D eigenvalue weighted by Gasteiger charge is -2.17. The first-order chi connectivity index (χ1) is 10.0. The van der Waals surface area contributed by atoms with Gasteiger partial charge in [-0.25, -0.2) is 0 Å². The molecule has 2 heterocycles. The summed E-state index contributed by atoms with van der Waals surface area (Å²) in [6, 6.07) is 5.97. The molecule has 2 atom stereocenters. The highest BCUT2D eigenvalue weighted by molar-refractivity contribution is 6.30. The Bertz CT molecular complexity index is 634. The van der Waals surface area contributed by atoms with Crippen LogP contribution in [-0.4, -0.2) is 17.8 Å². The molecule has 0 radical (unpaired) electrons. The summed E-state index contributed by atoms with van der Waals surface area (Å²) in [7, 11) is 0. The van der Waals surface area contributed by atoms with Crippen molar-refractivity contribution in [2.24, 2.45) is 0 Å². The van der Waals surface area contributed by atoms with Crippen LogP contribution in [0, 0.1) is 13.8 Å². The minimum absolute atomic E-state index is 0.140. The molecule has 21 heavy (non-hydrogen) atoms. The Kier molecular flexibility index (Phi) is 3.91. The van der Waals surface area contributed by atoms with Gasteiger partial charge in [-0.3, -0.25) is 0 Å². The molecule has 2 unspecified atom stereocenters. The average molecular weight is 307 g/mol. The summed E-state index contributed by atoms with van der Waals surface area (Å²) in [5.41, 5.74) is 3.25. The molecule has 0 bridgehead atoms. The van der Waals surface area contributed by atoms with Crippen LogP contribution in [-0.2, 0) is 6.42 Å². The molecule has 5 heteroatoms. The summed E-state index contributed by atoms with van der Waals surface area (Å²) in [6.45, 7) is 6.80. The smallest absolute Gasteiger partial charge is 0.138 e. The van der Waals surface area contributed by atoms with Crippen LogP contribution in [0.15, 0.2) is 22.7 Å². The van der Waals surface area contributed by atoms with Crippen LogP contribution >= 0.6 is 11.6 Å². The number of nitrogens with one attached hydrogen (secondary N) is 1. The maximum atomic E-state index is 6.01. The van der Waals surface area contributed by atoms with Crippen molar-refractivity contribution in [2.75, 3.05) is 6.54 Å². The van der Waals surface area contributed by atoms with Crippen LogP contribution in [0.3, 0.4) is 0 Å². The Labute approximate surface area is 129 Å². The standard InChI is InChI=1S/C16H19ClN2O2/c1-9(16-10(2)19-21-11(16)3)18-8-14-7-12-6-13(17)4-5-15(12)20-14/h4-6,9,14,18H,7-8H2,1-3H3. The van der Waals surface area contributed by atoms with Crippen molar-refractivity contribution < 1.29 is 9.26 Å². The Hall–Kier alpha value is -1.52. The Morgan fingerprint density at radius 3 is 2.95 bits per heavy atom. The first-order valence-electron chi connectivity index (χ1n) is 7.16. The van der Waals surface area contributed by atoms with Gasteiger partial charge in [0, 0.05) is 29.6 Å². The van der Waals surface area contributed by atoms with Crippen LogP contribution < -0.4 is 10.1 Å². The fourth-order valence-corrected chi connectivity index (χ4v) is 3.12. The van der Waals surface area contributed by atoms with Gasteiger partial charge >= 0.3 is 0 Å². The zero-order chi connectivity index (χ0) is 15.0. The molecule has 1 aliphatic rings. The zero-order valence-corrected chi connectivity index (χ0v) is 13.2. The molecule has 2 aromatic rings. The number of aryl methyl sites for hydroxylation is 2. The molecule has 1 aromatic heterocycles. The second-order valence-electron chi connectivity index (χ2n) is 5.56. The third-order valence-corrected chi connectivity index (χ3v) is 4.17. The molecule has 3 rings (SSSR count). The molecule has 1 aromatic carbocycles. The van der Waals surface area contributed by atoms with Crippen molar-refractivity contribution in [2.45, 2.75) is 39.3 Å². The van der Waals surface area contributed by atoms with Crippen molar-refractivity contribution in [3.8, 4) is 5.75 Å². The van der Waals surface area contributed by atoms with Gasteiger partial charge in [0.2, 0.25) is 0 Å². The van der Waals surface area contributed by atoms with Gasteiger partial charge in [0.1, 0.15) is 17.6 Å². The summed E-state index contributed by atoms with van der Waals surface area (Å²) in [5.74, 6) is 1.81. The van der Waals surface area contributed by atoms with E-state index in [0.29, 0.717) is 0 Å². The fourth-order valence-electron chi connectivity index (χ4n) is 2.92. The van der Waals surface area contributed by atoms with E-state index in [2.05, 4.69) is 17.4 Å². The van der Waals surface area contributed by atoms with E-state index in [4.69, 9.17) is 20.9 Å². The van der Waals surface area contributed by atoms with Crippen molar-refractivity contribution in [1.29, 1.82) is 0 Å². The van der Waals surface area contributed by atoms with Crippen LogP contribution in [0.1, 0.15) is 35.5 Å². The number of aromatic nitrogens is 1. The normalized spacial score (nSPS) is 18.4. The Morgan fingerprint density at radius 2 is 2.24 bits per heavy atom. The van der Waals surface area contributed by atoms with Crippen LogP contribution in [0.4, 0.5) is 0 Å². The molecular formula is C16H19ClN2O2. The molecule has 112 valence electrons. The number of benzene rings is 1. The van der Waals surface area contributed by atoms with E-state index < -0.39 is 0 Å². The van der Waals surface area contributed by atoms with Gasteiger partial charge in [-0.15, -0.1) is 0 Å². The van der Waals surface area contributed by atoms with E-state index in [1.807, 2.05) is 32.0 Å². The second kappa shape index (κ2) is 5.70. The van der Waals surface area contributed by atoms with Crippen LogP contribution in [0.25, 0.3) is 0 Å². The summed E-state index contributed by atoms with van der Waals surface area (Å²) < 4.78 is 11.1. The van der Waals surface area contributed by atoms with E-state index >= 15 is 0 Å². The van der Waals surface area contributed by atoms with Crippen LogP contribution in [0.5, 0.6) is 5.75 Å². The van der Waals surface area contributed by atoms with Gasteiger partial charge in [-0.1, -0.05) is 16.8 Å². The van der Waals surface area contributed by atoms with Gasteiger partial charge in [0.25, 0.3) is 0 Å². The summed E-state index contributed by atoms with van der Waals surface area (Å²) in [6.07, 6.45) is 1.03. The summed E-state index contributed by atoms with van der Waals surface area (Å²) >= 11 is 6.01. The van der Waals surface area contributed by atoms with Crippen molar-refractivity contribution in [3.05, 3.63) is 45.8 Å². The molecular weight excluding hydrogens is 288 g/mol. The van der Waals surface area contributed by atoms with Crippen molar-refractivity contribution in [3.63, 3.8) is 0 Å². The molecule has 4 nitrogen and oxygen atoms in total. The summed E-state index contributed by atoms with van der Waals surface area (Å²) in [5, 5.41) is 8.26. The number of nitrogens with zero attached hydrogens (tertiary/aromatic N) is 1. The van der Waals surface area contributed by atoms with Gasteiger partial charge in [0.15, 0.2) is 0 Å². The lowest BCUT2D eigenvalue weighted by atomic mass is 10.1. The third-order valence-electron chi connectivity index (χ3n) is 3.94. The number of ether oxygens (including phenoxy) is 1. The minimum Gasteiger partial charge on any atom is -0.488 e. The molecule has 1 N–H and O–H groups in total. The highest BCUT2D eigenvalue weighted by Gasteiger charge is 2.24. The predicted molar refractivity (Wildman–Crippen MR) is 82.0 cm³/mol. The average Bonchev–Trinajstić information content (AvgIpc) is 2.99. The van der Waals surface area contributed by atoms with Crippen molar-refractivity contribution in [1.82, 2.24) is 10.5 Å². The fraction of sp³-hybridized carbons (Fsp3) is 0.438. The number of fused-ring (bicyclic) bond motifs is 1. The highest BCUT2D eigenvalue weighted by Crippen LogP contribution is 2.31. The third kappa shape index (κ3) is 2.92. The van der Waals surface area contributed by atoms with Crippen molar-refractivity contribution >= 4 is 11.6 Å². The van der Waals surface area contributed by atoms with Crippen LogP contribution in [0.2, 0.25) is 5.02 Å². The SMILES string of the molecule is Cc1noc(C)c1C(C)NCC1Cc2cc(Cl)ccc2O1. The van der Waals surface area contributed by atoms with Gasteiger partial charge in [-0.2, -0.15) is 0 Å². The number of hydrogen-bond donors (Lipinski definition) is 1. The lowest BCUT2D eigenvalue weighted by Crippen LogP contribution is -2.32. The Morgan fingerprint density at radius 1 is 1.43 bits per heavy atom. The Balaban J connectivity index is 1.60. The van der Waals surface area contributed by atoms with Gasteiger partial charge < -0.3 is 14.6 Å². The first-order valence-corrected chi connectivity index (χ1v) is 7.53. The lowest BCUT2D eigenvalue weighted by molar-refractivity contribution is 0.222. The number of rotatable bonds is 4. The summed E-state index contributed by atoms with van der Waals surface area (Å²) in [4.78, 5) is 0. The molecule has 0 spiro atoms. The first kappa shape index (κ1) is 14.4. The minimum atomic E-state index is 0.140. The highest BCUT2D eigenvalue weighted by atomic mass is 35.5. The largest absolute Gasteiger partial charge is 0.488 e. The number of hydrogen-bond acceptors (Lipinski definition) is 4. The van der Waals surface area contributed by atoms with Gasteiger partial charge in [0.05, 0.1) is 5.69 Å². The topological polar surface area (TPSA) is 47.3 Å². The molecule has 0 saturated carbocycles. The molecule has 1 aliphatic heterocycles. The molecule has 0 fully saturated rings. The molecule has 0 amide bonds. The van der Waals surface area contributed by atoms with Gasteiger partial charge in [-0.05, 0) is 44.5 Å². The van der Waals surface area contributed by atoms with E-state index in [1.165, 1.54) is 5.56 Å². The molecule has 0 saturated heterocycles. The number of halogens is 1. The quantitative estimate of drug-likeness (QED) is 0.937. The maximum Gasteiger partial charge on any atom is 0.138 e. The predicted octanol–water partition coefficient (Wildman–Crippen LogP) is 3.60. The second-order valence-corrected chi connectivity index (χ2v) is 6.00.